The van der Waals surface area contributed by atoms with Gasteiger partial charge in [0, 0.05) is 25.5 Å². The van der Waals surface area contributed by atoms with Gasteiger partial charge in [-0.25, -0.2) is 14.6 Å². The summed E-state index contributed by atoms with van der Waals surface area (Å²) in [6, 6.07) is 1.85. The molecule has 0 amide bonds. The first-order chi connectivity index (χ1) is 9.36. The van der Waals surface area contributed by atoms with Gasteiger partial charge in [0.1, 0.15) is 12.0 Å². The summed E-state index contributed by atoms with van der Waals surface area (Å²) in [5, 5.41) is 4.18. The van der Waals surface area contributed by atoms with Gasteiger partial charge in [-0.15, -0.1) is 0 Å². The molecule has 0 atom stereocenters. The molecule has 0 radical (unpaired) electrons. The summed E-state index contributed by atoms with van der Waals surface area (Å²) in [6.07, 6.45) is 10.1. The lowest BCUT2D eigenvalue weighted by atomic mass is 10.2. The van der Waals surface area contributed by atoms with E-state index in [1.54, 1.807) is 17.2 Å². The van der Waals surface area contributed by atoms with Crippen molar-refractivity contribution in [1.82, 2.24) is 19.7 Å². The molecule has 19 heavy (non-hydrogen) atoms. The molecule has 6 nitrogen and oxygen atoms in total. The lowest BCUT2D eigenvalue weighted by Crippen LogP contribution is -2.26. The molecule has 0 spiro atoms. The minimum absolute atomic E-state index is 0.605. The van der Waals surface area contributed by atoms with E-state index in [2.05, 4.69) is 20.0 Å². The number of nitrogens with zero attached hydrogens (tertiary/aromatic N) is 5. The van der Waals surface area contributed by atoms with Crippen LogP contribution >= 0.6 is 0 Å². The second-order valence-corrected chi connectivity index (χ2v) is 4.79. The first kappa shape index (κ1) is 12.0. The summed E-state index contributed by atoms with van der Waals surface area (Å²) < 4.78 is 1.68. The summed E-state index contributed by atoms with van der Waals surface area (Å²) in [6.45, 7) is 2.03. The number of nitrogen functional groups attached to an aromatic ring is 1. The number of nitrogens with two attached hydrogens (primary N) is 1. The Morgan fingerprint density at radius 3 is 2.42 bits per heavy atom. The number of hydrogen-bond donors (Lipinski definition) is 1. The molecule has 2 aromatic heterocycles. The molecule has 100 valence electrons. The molecule has 2 aromatic rings. The van der Waals surface area contributed by atoms with Crippen molar-refractivity contribution in [3.8, 4) is 5.82 Å². The first-order valence-corrected chi connectivity index (χ1v) is 6.72. The minimum atomic E-state index is 0.605. The zero-order chi connectivity index (χ0) is 13.1. The van der Waals surface area contributed by atoms with Crippen molar-refractivity contribution >= 4 is 11.5 Å². The molecule has 3 heterocycles. The van der Waals surface area contributed by atoms with Gasteiger partial charge >= 0.3 is 0 Å². The normalized spacial score (nSPS) is 16.3. The van der Waals surface area contributed by atoms with E-state index in [1.807, 2.05) is 12.3 Å². The molecular weight excluding hydrogens is 240 g/mol. The van der Waals surface area contributed by atoms with Gasteiger partial charge in [-0.3, -0.25) is 0 Å². The molecule has 3 rings (SSSR count). The number of hydrogen-bond acceptors (Lipinski definition) is 5. The van der Waals surface area contributed by atoms with Crippen LogP contribution in [0.4, 0.5) is 11.5 Å². The fourth-order valence-corrected chi connectivity index (χ4v) is 2.49. The molecule has 1 saturated heterocycles. The maximum atomic E-state index is 6.23. The number of rotatable bonds is 2. The van der Waals surface area contributed by atoms with Crippen LogP contribution in [-0.2, 0) is 0 Å². The third-order valence-corrected chi connectivity index (χ3v) is 3.47. The van der Waals surface area contributed by atoms with E-state index in [9.17, 15) is 0 Å². The molecule has 0 aromatic carbocycles. The van der Waals surface area contributed by atoms with Gasteiger partial charge < -0.3 is 10.6 Å². The van der Waals surface area contributed by atoms with Crippen molar-refractivity contribution in [1.29, 1.82) is 0 Å². The maximum Gasteiger partial charge on any atom is 0.181 e. The SMILES string of the molecule is Nc1c(N2CCCCCC2)ncnc1-n1cccn1. The lowest BCUT2D eigenvalue weighted by Gasteiger charge is -2.23. The van der Waals surface area contributed by atoms with Crippen molar-refractivity contribution in [2.24, 2.45) is 0 Å². The monoisotopic (exact) mass is 258 g/mol. The Labute approximate surface area is 112 Å². The van der Waals surface area contributed by atoms with E-state index in [0.717, 1.165) is 18.9 Å². The topological polar surface area (TPSA) is 72.9 Å². The van der Waals surface area contributed by atoms with E-state index in [0.29, 0.717) is 11.5 Å². The molecule has 1 aliphatic rings. The quantitative estimate of drug-likeness (QED) is 0.886. The fourth-order valence-electron chi connectivity index (χ4n) is 2.49. The van der Waals surface area contributed by atoms with Gasteiger partial charge in [0.15, 0.2) is 11.6 Å². The van der Waals surface area contributed by atoms with E-state index in [4.69, 9.17) is 5.73 Å². The third kappa shape index (κ3) is 2.38. The van der Waals surface area contributed by atoms with Gasteiger partial charge in [0.05, 0.1) is 0 Å². The zero-order valence-corrected chi connectivity index (χ0v) is 10.9. The fraction of sp³-hybridized carbons (Fsp3) is 0.462. The summed E-state index contributed by atoms with van der Waals surface area (Å²) in [5.74, 6) is 1.49. The molecule has 1 aliphatic heterocycles. The predicted octanol–water partition coefficient (Wildman–Crippen LogP) is 1.62. The third-order valence-electron chi connectivity index (χ3n) is 3.47. The summed E-state index contributed by atoms with van der Waals surface area (Å²) in [4.78, 5) is 10.9. The second kappa shape index (κ2) is 5.26. The van der Waals surface area contributed by atoms with Crippen molar-refractivity contribution in [3.63, 3.8) is 0 Å². The van der Waals surface area contributed by atoms with Crippen molar-refractivity contribution in [2.45, 2.75) is 25.7 Å². The molecule has 0 saturated carbocycles. The molecule has 1 fully saturated rings. The highest BCUT2D eigenvalue weighted by Gasteiger charge is 2.17. The van der Waals surface area contributed by atoms with Gasteiger partial charge in [-0.2, -0.15) is 5.10 Å². The van der Waals surface area contributed by atoms with Crippen LogP contribution in [0.25, 0.3) is 5.82 Å². The summed E-state index contributed by atoms with van der Waals surface area (Å²) >= 11 is 0. The molecule has 2 N–H and O–H groups in total. The average Bonchev–Trinajstić information content (AvgIpc) is 2.82. The number of aromatic nitrogens is 4. The highest BCUT2D eigenvalue weighted by molar-refractivity contribution is 5.70. The Morgan fingerprint density at radius 1 is 1.00 bits per heavy atom. The van der Waals surface area contributed by atoms with Gasteiger partial charge in [-0.1, -0.05) is 12.8 Å². The Balaban J connectivity index is 1.95. The van der Waals surface area contributed by atoms with Gasteiger partial charge in [0.25, 0.3) is 0 Å². The molecule has 0 unspecified atom stereocenters. The van der Waals surface area contributed by atoms with Crippen molar-refractivity contribution in [2.75, 3.05) is 23.7 Å². The van der Waals surface area contributed by atoms with Crippen LogP contribution < -0.4 is 10.6 Å². The van der Waals surface area contributed by atoms with Crippen molar-refractivity contribution in [3.05, 3.63) is 24.8 Å². The molecule has 6 heteroatoms. The Morgan fingerprint density at radius 2 is 1.74 bits per heavy atom. The van der Waals surface area contributed by atoms with Crippen LogP contribution in [0.3, 0.4) is 0 Å². The highest BCUT2D eigenvalue weighted by atomic mass is 15.3. The van der Waals surface area contributed by atoms with Gasteiger partial charge in [-0.05, 0) is 18.9 Å². The zero-order valence-electron chi connectivity index (χ0n) is 10.9. The predicted molar refractivity (Wildman–Crippen MR) is 74.2 cm³/mol. The molecule has 0 bridgehead atoms. The largest absolute Gasteiger partial charge is 0.393 e. The van der Waals surface area contributed by atoms with Crippen LogP contribution in [0.5, 0.6) is 0 Å². The Kier molecular flexibility index (Phi) is 3.31. The first-order valence-electron chi connectivity index (χ1n) is 6.72. The maximum absolute atomic E-state index is 6.23. The standard InChI is InChI=1S/C13H18N6/c14-11-12(18-7-3-1-2-4-8-18)15-10-16-13(11)19-9-5-6-17-19/h5-6,9-10H,1-4,7-8,14H2. The van der Waals surface area contributed by atoms with E-state index in [-0.39, 0.29) is 0 Å². The Hall–Kier alpha value is -2.11. The molecule has 0 aliphatic carbocycles. The van der Waals surface area contributed by atoms with E-state index >= 15 is 0 Å². The van der Waals surface area contributed by atoms with E-state index < -0.39 is 0 Å². The van der Waals surface area contributed by atoms with E-state index in [1.165, 1.54) is 25.7 Å². The average molecular weight is 258 g/mol. The number of anilines is 2. The smallest absolute Gasteiger partial charge is 0.181 e. The lowest BCUT2D eigenvalue weighted by molar-refractivity contribution is 0.726. The van der Waals surface area contributed by atoms with Crippen LogP contribution in [0.2, 0.25) is 0 Å². The van der Waals surface area contributed by atoms with Crippen molar-refractivity contribution < 1.29 is 0 Å². The minimum Gasteiger partial charge on any atom is -0.393 e. The Bertz CT molecular complexity index is 528. The van der Waals surface area contributed by atoms with Crippen LogP contribution in [0, 0.1) is 0 Å². The van der Waals surface area contributed by atoms with Crippen LogP contribution in [0.15, 0.2) is 24.8 Å². The molecular formula is C13H18N6. The van der Waals surface area contributed by atoms with Gasteiger partial charge in [0.2, 0.25) is 0 Å². The summed E-state index contributed by atoms with van der Waals surface area (Å²) in [5.41, 5.74) is 6.83. The highest BCUT2D eigenvalue weighted by Crippen LogP contribution is 2.26. The second-order valence-electron chi connectivity index (χ2n) is 4.79. The summed E-state index contributed by atoms with van der Waals surface area (Å²) in [7, 11) is 0. The van der Waals surface area contributed by atoms with Crippen LogP contribution in [0.1, 0.15) is 25.7 Å². The van der Waals surface area contributed by atoms with Crippen LogP contribution in [-0.4, -0.2) is 32.8 Å².